The number of carbonyl (C=O) groups excluding carboxylic acids is 2. The molecule has 0 fully saturated rings. The molecule has 32 heavy (non-hydrogen) atoms. The highest BCUT2D eigenvalue weighted by Crippen LogP contribution is 2.42. The van der Waals surface area contributed by atoms with Crippen LogP contribution in [-0.2, 0) is 22.6 Å². The normalized spacial score (nSPS) is 16.4. The molecule has 1 N–H and O–H groups in total. The number of nitrogens with one attached hydrogen (secondary N) is 1. The molecule has 2 amide bonds. The lowest BCUT2D eigenvalue weighted by atomic mass is 10.0. The molecule has 1 heterocycles. The summed E-state index contributed by atoms with van der Waals surface area (Å²) in [6.07, 6.45) is 0.771. The number of nitrogens with zero attached hydrogens (tertiary/aromatic N) is 1. The molecular weight excluding hydrogens is 416 g/mol. The van der Waals surface area contributed by atoms with Crippen molar-refractivity contribution in [2.24, 2.45) is 5.92 Å². The van der Waals surface area contributed by atoms with Crippen LogP contribution in [0.2, 0.25) is 0 Å². The number of para-hydroxylation sites is 1. The fraction of sp³-hybridized carbons (Fsp3) is 0.259. The second-order valence-corrected chi connectivity index (χ2v) is 9.41. The van der Waals surface area contributed by atoms with Crippen molar-refractivity contribution in [1.82, 2.24) is 5.32 Å². The van der Waals surface area contributed by atoms with Crippen molar-refractivity contribution < 1.29 is 9.59 Å². The zero-order valence-electron chi connectivity index (χ0n) is 18.5. The van der Waals surface area contributed by atoms with E-state index < -0.39 is 11.2 Å². The third kappa shape index (κ3) is 5.05. The van der Waals surface area contributed by atoms with Crippen molar-refractivity contribution in [2.75, 3.05) is 11.4 Å². The van der Waals surface area contributed by atoms with Crippen molar-refractivity contribution in [1.29, 1.82) is 0 Å². The molecule has 0 aliphatic carbocycles. The molecule has 0 bridgehead atoms. The quantitative estimate of drug-likeness (QED) is 0.558. The lowest BCUT2D eigenvalue weighted by Crippen LogP contribution is -2.47. The van der Waals surface area contributed by atoms with Gasteiger partial charge in [0.2, 0.25) is 11.8 Å². The van der Waals surface area contributed by atoms with Gasteiger partial charge in [-0.3, -0.25) is 9.59 Å². The molecule has 4 nitrogen and oxygen atoms in total. The predicted molar refractivity (Wildman–Crippen MR) is 131 cm³/mol. The minimum atomic E-state index is -0.452. The molecule has 0 saturated heterocycles. The molecule has 3 aromatic carbocycles. The first-order chi connectivity index (χ1) is 15.5. The fourth-order valence-corrected chi connectivity index (χ4v) is 5.15. The largest absolute Gasteiger partial charge is 0.355 e. The number of anilines is 1. The molecule has 0 aromatic heterocycles. The number of benzene rings is 3. The Kier molecular flexibility index (Phi) is 6.96. The summed E-state index contributed by atoms with van der Waals surface area (Å²) in [5.74, 6) is -0.529. The Balaban J connectivity index is 1.47. The van der Waals surface area contributed by atoms with Crippen LogP contribution in [0.15, 0.2) is 83.8 Å². The van der Waals surface area contributed by atoms with Crippen LogP contribution in [0.4, 0.5) is 5.69 Å². The average Bonchev–Trinajstić information content (AvgIpc) is 2.82. The van der Waals surface area contributed by atoms with Gasteiger partial charge < -0.3 is 10.2 Å². The molecule has 0 unspecified atom stereocenters. The summed E-state index contributed by atoms with van der Waals surface area (Å²) in [6.45, 7) is 4.96. The van der Waals surface area contributed by atoms with E-state index >= 15 is 0 Å². The molecule has 2 atom stereocenters. The summed E-state index contributed by atoms with van der Waals surface area (Å²) in [7, 11) is 0. The Labute approximate surface area is 194 Å². The van der Waals surface area contributed by atoms with Gasteiger partial charge in [-0.25, -0.2) is 0 Å². The molecular formula is C27H28N2O2S. The minimum Gasteiger partial charge on any atom is -0.355 e. The molecule has 5 heteroatoms. The number of amides is 2. The molecule has 1 aliphatic heterocycles. The highest BCUT2D eigenvalue weighted by molar-refractivity contribution is 8.01. The van der Waals surface area contributed by atoms with Crippen LogP contribution in [0.3, 0.4) is 0 Å². The van der Waals surface area contributed by atoms with E-state index in [4.69, 9.17) is 0 Å². The first kappa shape index (κ1) is 22.2. The molecule has 0 saturated carbocycles. The number of rotatable bonds is 7. The second-order valence-electron chi connectivity index (χ2n) is 8.23. The number of hydrogen-bond donors (Lipinski definition) is 1. The summed E-state index contributed by atoms with van der Waals surface area (Å²) in [5, 5.41) is 2.57. The van der Waals surface area contributed by atoms with E-state index in [0.717, 1.165) is 22.6 Å². The minimum absolute atomic E-state index is 0.0139. The van der Waals surface area contributed by atoms with E-state index in [-0.39, 0.29) is 11.8 Å². The SMILES string of the molecule is Cc1ccc(CN2C(=O)[C@H]([C@H](C)C(=O)NCCc3ccccc3)Sc3ccccc32)cc1. The summed E-state index contributed by atoms with van der Waals surface area (Å²) < 4.78 is 0. The predicted octanol–water partition coefficient (Wildman–Crippen LogP) is 5.00. The van der Waals surface area contributed by atoms with Crippen molar-refractivity contribution in [3.63, 3.8) is 0 Å². The first-order valence-corrected chi connectivity index (χ1v) is 11.8. The lowest BCUT2D eigenvalue weighted by molar-refractivity contribution is -0.128. The topological polar surface area (TPSA) is 49.4 Å². The van der Waals surface area contributed by atoms with Gasteiger partial charge in [0.25, 0.3) is 0 Å². The van der Waals surface area contributed by atoms with E-state index in [0.29, 0.717) is 13.1 Å². The average molecular weight is 445 g/mol. The van der Waals surface area contributed by atoms with E-state index in [9.17, 15) is 9.59 Å². The molecule has 3 aromatic rings. The maximum atomic E-state index is 13.5. The third-order valence-electron chi connectivity index (χ3n) is 5.80. The van der Waals surface area contributed by atoms with Gasteiger partial charge in [-0.1, -0.05) is 79.2 Å². The molecule has 4 rings (SSSR count). The molecule has 164 valence electrons. The maximum Gasteiger partial charge on any atom is 0.241 e. The van der Waals surface area contributed by atoms with Crippen LogP contribution in [-0.4, -0.2) is 23.6 Å². The van der Waals surface area contributed by atoms with Crippen LogP contribution < -0.4 is 10.2 Å². The van der Waals surface area contributed by atoms with Crippen LogP contribution in [0, 0.1) is 12.8 Å². The monoisotopic (exact) mass is 444 g/mol. The third-order valence-corrected chi connectivity index (χ3v) is 7.27. The zero-order valence-corrected chi connectivity index (χ0v) is 19.3. The molecule has 0 radical (unpaired) electrons. The number of fused-ring (bicyclic) bond motifs is 1. The maximum absolute atomic E-state index is 13.5. The Morgan fingerprint density at radius 2 is 1.66 bits per heavy atom. The summed E-state index contributed by atoms with van der Waals surface area (Å²) >= 11 is 1.50. The van der Waals surface area contributed by atoms with Crippen molar-refractivity contribution >= 4 is 29.3 Å². The molecule has 1 aliphatic rings. The van der Waals surface area contributed by atoms with Gasteiger partial charge in [0.05, 0.1) is 18.2 Å². The van der Waals surface area contributed by atoms with E-state index in [1.807, 2.05) is 54.3 Å². The summed E-state index contributed by atoms with van der Waals surface area (Å²) in [6, 6.07) is 26.3. The lowest BCUT2D eigenvalue weighted by Gasteiger charge is -2.35. The van der Waals surface area contributed by atoms with Gasteiger partial charge in [-0.05, 0) is 36.6 Å². The van der Waals surface area contributed by atoms with Crippen LogP contribution in [0.5, 0.6) is 0 Å². The highest BCUT2D eigenvalue weighted by atomic mass is 32.2. The summed E-state index contributed by atoms with van der Waals surface area (Å²) in [5.41, 5.74) is 4.36. The fourth-order valence-electron chi connectivity index (χ4n) is 3.87. The Morgan fingerprint density at radius 1 is 0.969 bits per heavy atom. The van der Waals surface area contributed by atoms with Gasteiger partial charge in [-0.2, -0.15) is 0 Å². The van der Waals surface area contributed by atoms with E-state index in [1.54, 1.807) is 0 Å². The van der Waals surface area contributed by atoms with Crippen LogP contribution in [0.25, 0.3) is 0 Å². The zero-order chi connectivity index (χ0) is 22.5. The first-order valence-electron chi connectivity index (χ1n) is 11.0. The van der Waals surface area contributed by atoms with Crippen molar-refractivity contribution in [3.8, 4) is 0 Å². The van der Waals surface area contributed by atoms with Crippen molar-refractivity contribution in [3.05, 3.63) is 95.6 Å². The van der Waals surface area contributed by atoms with Gasteiger partial charge in [0, 0.05) is 11.4 Å². The number of hydrogen-bond acceptors (Lipinski definition) is 3. The second kappa shape index (κ2) is 10.0. The standard InChI is InChI=1S/C27H28N2O2S/c1-19-12-14-22(15-13-19)18-29-23-10-6-7-11-24(23)32-25(27(29)31)20(2)26(30)28-17-16-21-8-4-3-5-9-21/h3-15,20,25H,16-18H2,1-2H3,(H,28,30)/t20-,25-/m0/s1. The van der Waals surface area contributed by atoms with Gasteiger partial charge in [0.1, 0.15) is 5.25 Å². The summed E-state index contributed by atoms with van der Waals surface area (Å²) in [4.78, 5) is 29.3. The smallest absolute Gasteiger partial charge is 0.241 e. The number of aryl methyl sites for hydroxylation is 1. The van der Waals surface area contributed by atoms with E-state index in [1.165, 1.54) is 22.9 Å². The van der Waals surface area contributed by atoms with Gasteiger partial charge in [0.15, 0.2) is 0 Å². The number of thioether (sulfide) groups is 1. The Morgan fingerprint density at radius 3 is 2.41 bits per heavy atom. The van der Waals surface area contributed by atoms with Gasteiger partial charge >= 0.3 is 0 Å². The van der Waals surface area contributed by atoms with Crippen LogP contribution >= 0.6 is 11.8 Å². The van der Waals surface area contributed by atoms with Gasteiger partial charge in [-0.15, -0.1) is 11.8 Å². The Bertz CT molecular complexity index is 1080. The van der Waals surface area contributed by atoms with Crippen LogP contribution in [0.1, 0.15) is 23.6 Å². The number of carbonyl (C=O) groups is 2. The van der Waals surface area contributed by atoms with E-state index in [2.05, 4.69) is 48.6 Å². The molecule has 0 spiro atoms. The Hall–Kier alpha value is -3.05. The highest BCUT2D eigenvalue weighted by Gasteiger charge is 2.39. The van der Waals surface area contributed by atoms with Crippen molar-refractivity contribution in [2.45, 2.75) is 37.0 Å².